The SMILES string of the molecule is CC(NC(=O)OC(C)(C)C)C1CCC(I)CC1. The molecule has 17 heavy (non-hydrogen) atoms. The van der Waals surface area contributed by atoms with Crippen molar-refractivity contribution < 1.29 is 9.53 Å². The lowest BCUT2D eigenvalue weighted by Gasteiger charge is -2.31. The Hall–Kier alpha value is 0. The normalized spacial score (nSPS) is 27.4. The third kappa shape index (κ3) is 5.93. The van der Waals surface area contributed by atoms with Gasteiger partial charge in [0, 0.05) is 9.97 Å². The molecule has 1 aliphatic rings. The Bertz CT molecular complexity index is 255. The number of halogens is 1. The maximum absolute atomic E-state index is 11.6. The minimum atomic E-state index is -0.413. The lowest BCUT2D eigenvalue weighted by molar-refractivity contribution is 0.0485. The number of carbonyl (C=O) groups excluding carboxylic acids is 1. The van der Waals surface area contributed by atoms with E-state index in [1.165, 1.54) is 25.7 Å². The van der Waals surface area contributed by atoms with Crippen LogP contribution >= 0.6 is 22.6 Å². The molecule has 1 N–H and O–H groups in total. The fraction of sp³-hybridized carbons (Fsp3) is 0.923. The predicted molar refractivity (Wildman–Crippen MR) is 78.6 cm³/mol. The Balaban J connectivity index is 2.33. The Morgan fingerprint density at radius 2 is 1.82 bits per heavy atom. The zero-order valence-corrected chi connectivity index (χ0v) is 13.4. The van der Waals surface area contributed by atoms with Gasteiger partial charge in [0.2, 0.25) is 0 Å². The van der Waals surface area contributed by atoms with E-state index < -0.39 is 5.60 Å². The first-order valence-electron chi connectivity index (χ1n) is 6.41. The van der Waals surface area contributed by atoms with Crippen LogP contribution in [0.15, 0.2) is 0 Å². The van der Waals surface area contributed by atoms with Crippen molar-refractivity contribution >= 4 is 28.7 Å². The average molecular weight is 353 g/mol. The minimum Gasteiger partial charge on any atom is -0.444 e. The fourth-order valence-electron chi connectivity index (χ4n) is 2.19. The highest BCUT2D eigenvalue weighted by atomic mass is 127. The molecule has 3 nitrogen and oxygen atoms in total. The standard InChI is InChI=1S/C13H24INO2/c1-9(10-5-7-11(14)8-6-10)15-12(16)17-13(2,3)4/h9-11H,5-8H2,1-4H3,(H,15,16). The molecule has 1 aliphatic carbocycles. The van der Waals surface area contributed by atoms with Gasteiger partial charge < -0.3 is 10.1 Å². The molecule has 1 unspecified atom stereocenters. The van der Waals surface area contributed by atoms with Gasteiger partial charge in [-0.3, -0.25) is 0 Å². The largest absolute Gasteiger partial charge is 0.444 e. The lowest BCUT2D eigenvalue weighted by atomic mass is 9.84. The van der Waals surface area contributed by atoms with Crippen molar-refractivity contribution in [3.63, 3.8) is 0 Å². The van der Waals surface area contributed by atoms with Crippen LogP contribution in [0.25, 0.3) is 0 Å². The molecule has 1 amide bonds. The van der Waals surface area contributed by atoms with Gasteiger partial charge in [0.05, 0.1) is 0 Å². The molecule has 1 rings (SSSR count). The minimum absolute atomic E-state index is 0.216. The Morgan fingerprint density at radius 1 is 1.29 bits per heavy atom. The predicted octanol–water partition coefficient (Wildman–Crippen LogP) is 3.89. The van der Waals surface area contributed by atoms with Crippen molar-refractivity contribution in [2.24, 2.45) is 5.92 Å². The monoisotopic (exact) mass is 353 g/mol. The molecule has 0 radical (unpaired) electrons. The van der Waals surface area contributed by atoms with Gasteiger partial charge in [0.25, 0.3) is 0 Å². The molecule has 4 heteroatoms. The molecule has 1 saturated carbocycles. The highest BCUT2D eigenvalue weighted by Crippen LogP contribution is 2.30. The van der Waals surface area contributed by atoms with E-state index in [4.69, 9.17) is 4.74 Å². The lowest BCUT2D eigenvalue weighted by Crippen LogP contribution is -2.42. The van der Waals surface area contributed by atoms with Crippen molar-refractivity contribution in [2.45, 2.75) is 68.9 Å². The van der Waals surface area contributed by atoms with Crippen LogP contribution in [0.4, 0.5) is 4.79 Å². The molecule has 0 aromatic rings. The summed E-state index contributed by atoms with van der Waals surface area (Å²) in [5.74, 6) is 0.605. The third-order valence-electron chi connectivity index (χ3n) is 3.15. The summed E-state index contributed by atoms with van der Waals surface area (Å²) < 4.78 is 6.09. The summed E-state index contributed by atoms with van der Waals surface area (Å²) in [4.78, 5) is 11.6. The molecule has 0 heterocycles. The van der Waals surface area contributed by atoms with E-state index in [-0.39, 0.29) is 12.1 Å². The van der Waals surface area contributed by atoms with E-state index in [1.807, 2.05) is 20.8 Å². The molecular weight excluding hydrogens is 329 g/mol. The third-order valence-corrected chi connectivity index (χ3v) is 4.40. The van der Waals surface area contributed by atoms with Crippen LogP contribution in [0, 0.1) is 5.92 Å². The summed E-state index contributed by atoms with van der Waals surface area (Å²) in [7, 11) is 0. The molecule has 0 aromatic heterocycles. The summed E-state index contributed by atoms with van der Waals surface area (Å²) in [6, 6.07) is 0.216. The zero-order valence-electron chi connectivity index (χ0n) is 11.3. The van der Waals surface area contributed by atoms with Crippen molar-refractivity contribution in [1.82, 2.24) is 5.32 Å². The maximum Gasteiger partial charge on any atom is 0.407 e. The van der Waals surface area contributed by atoms with E-state index in [0.29, 0.717) is 5.92 Å². The van der Waals surface area contributed by atoms with Crippen molar-refractivity contribution in [1.29, 1.82) is 0 Å². The van der Waals surface area contributed by atoms with Crippen LogP contribution in [-0.2, 0) is 4.74 Å². The second-order valence-electron chi connectivity index (χ2n) is 5.95. The number of hydrogen-bond donors (Lipinski definition) is 1. The van der Waals surface area contributed by atoms with Gasteiger partial charge in [-0.2, -0.15) is 0 Å². The van der Waals surface area contributed by atoms with Gasteiger partial charge in [-0.05, 0) is 59.3 Å². The Labute approximate surface area is 118 Å². The molecule has 1 atom stereocenters. The molecule has 0 saturated heterocycles. The van der Waals surface area contributed by atoms with Crippen LogP contribution in [-0.4, -0.2) is 21.7 Å². The first-order valence-corrected chi connectivity index (χ1v) is 7.66. The van der Waals surface area contributed by atoms with Crippen molar-refractivity contribution in [2.75, 3.05) is 0 Å². The van der Waals surface area contributed by atoms with Crippen LogP contribution in [0.5, 0.6) is 0 Å². The van der Waals surface area contributed by atoms with Crippen LogP contribution in [0.1, 0.15) is 53.4 Å². The van der Waals surface area contributed by atoms with Crippen LogP contribution < -0.4 is 5.32 Å². The van der Waals surface area contributed by atoms with Crippen LogP contribution in [0.3, 0.4) is 0 Å². The summed E-state index contributed by atoms with van der Waals surface area (Å²) in [5, 5.41) is 2.96. The van der Waals surface area contributed by atoms with E-state index in [0.717, 1.165) is 3.92 Å². The summed E-state index contributed by atoms with van der Waals surface area (Å²) in [6.07, 6.45) is 4.67. The second kappa shape index (κ2) is 6.25. The Kier molecular flexibility index (Phi) is 5.54. The zero-order chi connectivity index (χ0) is 13.1. The fourth-order valence-corrected chi connectivity index (χ4v) is 2.91. The van der Waals surface area contributed by atoms with E-state index in [1.54, 1.807) is 0 Å². The smallest absolute Gasteiger partial charge is 0.407 e. The van der Waals surface area contributed by atoms with Crippen molar-refractivity contribution in [3.8, 4) is 0 Å². The summed E-state index contributed by atoms with van der Waals surface area (Å²) >= 11 is 2.52. The molecule has 0 bridgehead atoms. The van der Waals surface area contributed by atoms with Gasteiger partial charge in [-0.1, -0.05) is 22.6 Å². The van der Waals surface area contributed by atoms with Gasteiger partial charge in [-0.25, -0.2) is 4.79 Å². The number of hydrogen-bond acceptors (Lipinski definition) is 2. The quantitative estimate of drug-likeness (QED) is 0.604. The topological polar surface area (TPSA) is 38.3 Å². The van der Waals surface area contributed by atoms with Gasteiger partial charge >= 0.3 is 6.09 Å². The number of nitrogens with one attached hydrogen (secondary N) is 1. The number of amides is 1. The highest BCUT2D eigenvalue weighted by Gasteiger charge is 2.26. The molecular formula is C13H24INO2. The number of ether oxygens (including phenoxy) is 1. The second-order valence-corrected chi connectivity index (χ2v) is 7.71. The molecule has 0 aromatic carbocycles. The Morgan fingerprint density at radius 3 is 2.29 bits per heavy atom. The van der Waals surface area contributed by atoms with E-state index in [9.17, 15) is 4.79 Å². The summed E-state index contributed by atoms with van der Waals surface area (Å²) in [6.45, 7) is 7.75. The molecule has 0 spiro atoms. The number of rotatable bonds is 2. The van der Waals surface area contributed by atoms with Crippen LogP contribution in [0.2, 0.25) is 0 Å². The first-order chi connectivity index (χ1) is 7.78. The molecule has 100 valence electrons. The van der Waals surface area contributed by atoms with Gasteiger partial charge in [0.15, 0.2) is 0 Å². The van der Waals surface area contributed by atoms with Gasteiger partial charge in [0.1, 0.15) is 5.60 Å². The summed E-state index contributed by atoms with van der Waals surface area (Å²) in [5.41, 5.74) is -0.413. The van der Waals surface area contributed by atoms with Gasteiger partial charge in [-0.15, -0.1) is 0 Å². The molecule has 0 aliphatic heterocycles. The number of alkyl halides is 1. The first kappa shape index (κ1) is 15.1. The van der Waals surface area contributed by atoms with Crippen molar-refractivity contribution in [3.05, 3.63) is 0 Å². The highest BCUT2D eigenvalue weighted by molar-refractivity contribution is 14.1. The average Bonchev–Trinajstić information content (AvgIpc) is 2.15. The maximum atomic E-state index is 11.6. The molecule has 1 fully saturated rings. The number of carbonyl (C=O) groups is 1. The number of alkyl carbamates (subject to hydrolysis) is 1. The van der Waals surface area contributed by atoms with E-state index in [2.05, 4.69) is 34.8 Å². The van der Waals surface area contributed by atoms with E-state index >= 15 is 0 Å².